The Morgan fingerprint density at radius 3 is 2.50 bits per heavy atom. The molecule has 0 aliphatic carbocycles. The zero-order valence-corrected chi connectivity index (χ0v) is 14.6. The van der Waals surface area contributed by atoms with Gasteiger partial charge in [-0.1, -0.05) is 0 Å². The van der Waals surface area contributed by atoms with E-state index in [1.165, 1.54) is 6.33 Å². The van der Waals surface area contributed by atoms with Gasteiger partial charge in [0.15, 0.2) is 5.69 Å². The first kappa shape index (κ1) is 18.3. The lowest BCUT2D eigenvalue weighted by Gasteiger charge is -2.33. The molecule has 3 heterocycles. The molecule has 1 saturated heterocycles. The van der Waals surface area contributed by atoms with Crippen molar-refractivity contribution in [3.63, 3.8) is 0 Å². The van der Waals surface area contributed by atoms with Crippen molar-refractivity contribution in [1.82, 2.24) is 19.7 Å². The van der Waals surface area contributed by atoms with Gasteiger partial charge in [0.2, 0.25) is 0 Å². The molecule has 0 atom stereocenters. The Labute approximate surface area is 148 Å². The van der Waals surface area contributed by atoms with Crippen molar-refractivity contribution in [1.29, 1.82) is 0 Å². The Hall–Kier alpha value is -2.45. The molecule has 2 aromatic rings. The largest absolute Gasteiger partial charge is 0.435 e. The van der Waals surface area contributed by atoms with Crippen LogP contribution in [0, 0.1) is 19.8 Å². The highest BCUT2D eigenvalue weighted by molar-refractivity contribution is 5.47. The predicted octanol–water partition coefficient (Wildman–Crippen LogP) is 2.59. The highest BCUT2D eigenvalue weighted by atomic mass is 19.4. The van der Waals surface area contributed by atoms with Gasteiger partial charge in [-0.2, -0.15) is 18.3 Å². The van der Waals surface area contributed by atoms with Gasteiger partial charge in [-0.3, -0.25) is 4.79 Å². The highest BCUT2D eigenvalue weighted by Crippen LogP contribution is 2.27. The Bertz CT molecular complexity index is 841. The van der Waals surface area contributed by atoms with E-state index in [4.69, 9.17) is 0 Å². The molecule has 1 fully saturated rings. The summed E-state index contributed by atoms with van der Waals surface area (Å²) in [5.74, 6) is 0.994. The molecule has 2 aromatic heterocycles. The molecule has 1 aliphatic rings. The second-order valence-electron chi connectivity index (χ2n) is 6.57. The van der Waals surface area contributed by atoms with Crippen molar-refractivity contribution >= 4 is 5.82 Å². The van der Waals surface area contributed by atoms with Crippen LogP contribution < -0.4 is 10.5 Å². The van der Waals surface area contributed by atoms with Crippen molar-refractivity contribution in [2.75, 3.05) is 18.0 Å². The maximum absolute atomic E-state index is 12.8. The van der Waals surface area contributed by atoms with E-state index in [1.807, 2.05) is 13.8 Å². The van der Waals surface area contributed by atoms with Gasteiger partial charge in [-0.15, -0.1) is 0 Å². The summed E-state index contributed by atoms with van der Waals surface area (Å²) in [6.07, 6.45) is -1.50. The molecule has 140 valence electrons. The molecule has 0 radical (unpaired) electrons. The second-order valence-corrected chi connectivity index (χ2v) is 6.57. The van der Waals surface area contributed by atoms with Crippen LogP contribution in [0.15, 0.2) is 23.3 Å². The topological polar surface area (TPSA) is 63.9 Å². The van der Waals surface area contributed by atoms with Crippen LogP contribution >= 0.6 is 0 Å². The molecule has 6 nitrogen and oxygen atoms in total. The summed E-state index contributed by atoms with van der Waals surface area (Å²) in [6.45, 7) is 5.56. The molecule has 0 saturated carbocycles. The summed E-state index contributed by atoms with van der Waals surface area (Å²) in [5.41, 5.74) is 0.405. The maximum Gasteiger partial charge on any atom is 0.435 e. The van der Waals surface area contributed by atoms with Crippen molar-refractivity contribution in [3.8, 4) is 0 Å². The number of hydrogen-bond acceptors (Lipinski definition) is 5. The van der Waals surface area contributed by atoms with Crippen LogP contribution in [0.1, 0.15) is 29.8 Å². The number of piperidine rings is 1. The van der Waals surface area contributed by atoms with Gasteiger partial charge in [0, 0.05) is 37.0 Å². The molecular weight excluding hydrogens is 347 g/mol. The van der Waals surface area contributed by atoms with E-state index in [0.717, 1.165) is 59.8 Å². The highest BCUT2D eigenvalue weighted by Gasteiger charge is 2.33. The first-order chi connectivity index (χ1) is 12.3. The van der Waals surface area contributed by atoms with Crippen molar-refractivity contribution in [2.24, 2.45) is 5.92 Å². The summed E-state index contributed by atoms with van der Waals surface area (Å²) in [7, 11) is 0. The van der Waals surface area contributed by atoms with Crippen LogP contribution in [-0.4, -0.2) is 32.8 Å². The molecule has 0 N–H and O–H groups in total. The van der Waals surface area contributed by atoms with E-state index in [0.29, 0.717) is 0 Å². The lowest BCUT2D eigenvalue weighted by Crippen LogP contribution is -2.38. The minimum absolute atomic E-state index is 0.100. The molecule has 3 rings (SSSR count). The Morgan fingerprint density at radius 1 is 1.15 bits per heavy atom. The Morgan fingerprint density at radius 2 is 1.85 bits per heavy atom. The molecular formula is C17H20F3N5O. The number of aromatic nitrogens is 4. The van der Waals surface area contributed by atoms with Gasteiger partial charge < -0.3 is 4.90 Å². The van der Waals surface area contributed by atoms with E-state index in [9.17, 15) is 18.0 Å². The first-order valence-corrected chi connectivity index (χ1v) is 8.44. The minimum Gasteiger partial charge on any atom is -0.356 e. The average molecular weight is 367 g/mol. The molecule has 0 aromatic carbocycles. The second kappa shape index (κ2) is 7.05. The van der Waals surface area contributed by atoms with Crippen molar-refractivity contribution in [2.45, 2.75) is 39.4 Å². The number of halogens is 3. The molecule has 0 amide bonds. The maximum atomic E-state index is 12.8. The van der Waals surface area contributed by atoms with Gasteiger partial charge in [-0.05, 0) is 38.7 Å². The van der Waals surface area contributed by atoms with Crippen LogP contribution in [0.2, 0.25) is 0 Å². The predicted molar refractivity (Wildman–Crippen MR) is 89.9 cm³/mol. The number of aryl methyl sites for hydroxylation is 1. The zero-order valence-electron chi connectivity index (χ0n) is 14.6. The number of alkyl halides is 3. The molecule has 26 heavy (non-hydrogen) atoms. The average Bonchev–Trinajstić information content (AvgIpc) is 2.59. The zero-order chi connectivity index (χ0) is 18.9. The van der Waals surface area contributed by atoms with E-state index < -0.39 is 17.4 Å². The number of anilines is 1. The fraction of sp³-hybridized carbons (Fsp3) is 0.529. The normalized spacial score (nSPS) is 16.1. The van der Waals surface area contributed by atoms with Crippen LogP contribution in [0.3, 0.4) is 0 Å². The Balaban J connectivity index is 1.68. The third kappa shape index (κ3) is 3.86. The molecule has 0 bridgehead atoms. The summed E-state index contributed by atoms with van der Waals surface area (Å²) >= 11 is 0. The minimum atomic E-state index is -4.55. The summed E-state index contributed by atoms with van der Waals surface area (Å²) in [6, 6.07) is 1.65. The van der Waals surface area contributed by atoms with Crippen molar-refractivity contribution in [3.05, 3.63) is 45.8 Å². The number of rotatable bonds is 3. The van der Waals surface area contributed by atoms with E-state index >= 15 is 0 Å². The van der Waals surface area contributed by atoms with Gasteiger partial charge in [-0.25, -0.2) is 14.6 Å². The Kier molecular flexibility index (Phi) is 4.97. The molecule has 0 spiro atoms. The lowest BCUT2D eigenvalue weighted by molar-refractivity contribution is -0.142. The summed E-state index contributed by atoms with van der Waals surface area (Å²) < 4.78 is 39.3. The summed E-state index contributed by atoms with van der Waals surface area (Å²) in [5, 5.41) is 3.49. The SMILES string of the molecule is Cc1ncnc(N2CCC(Cn3nc(C(F)(F)F)ccc3=O)CC2)c1C. The van der Waals surface area contributed by atoms with Crippen LogP contribution in [0.5, 0.6) is 0 Å². The molecule has 9 heteroatoms. The van der Waals surface area contributed by atoms with Crippen LogP contribution in [-0.2, 0) is 12.7 Å². The van der Waals surface area contributed by atoms with Gasteiger partial charge in [0.25, 0.3) is 5.56 Å². The number of hydrogen-bond donors (Lipinski definition) is 0. The van der Waals surface area contributed by atoms with E-state index in [2.05, 4.69) is 20.0 Å². The van der Waals surface area contributed by atoms with E-state index in [-0.39, 0.29) is 12.5 Å². The monoisotopic (exact) mass is 367 g/mol. The lowest BCUT2D eigenvalue weighted by atomic mass is 9.96. The third-order valence-corrected chi connectivity index (χ3v) is 4.81. The summed E-state index contributed by atoms with van der Waals surface area (Å²) in [4.78, 5) is 22.5. The van der Waals surface area contributed by atoms with Crippen LogP contribution in [0.4, 0.5) is 19.0 Å². The first-order valence-electron chi connectivity index (χ1n) is 8.44. The van der Waals surface area contributed by atoms with Crippen LogP contribution in [0.25, 0.3) is 0 Å². The fourth-order valence-electron chi connectivity index (χ4n) is 3.15. The van der Waals surface area contributed by atoms with Gasteiger partial charge >= 0.3 is 6.18 Å². The van der Waals surface area contributed by atoms with Gasteiger partial charge in [0.05, 0.1) is 0 Å². The fourth-order valence-corrected chi connectivity index (χ4v) is 3.15. The smallest absolute Gasteiger partial charge is 0.356 e. The quantitative estimate of drug-likeness (QED) is 0.834. The van der Waals surface area contributed by atoms with Gasteiger partial charge in [0.1, 0.15) is 12.1 Å². The standard InChI is InChI=1S/C17H20F3N5O/c1-11-12(2)21-10-22-16(11)24-7-5-13(6-8-24)9-25-15(26)4-3-14(23-25)17(18,19)20/h3-4,10,13H,5-9H2,1-2H3. The van der Waals surface area contributed by atoms with Crippen molar-refractivity contribution < 1.29 is 13.2 Å². The molecule has 1 aliphatic heterocycles. The third-order valence-electron chi connectivity index (χ3n) is 4.81. The van der Waals surface area contributed by atoms with E-state index in [1.54, 1.807) is 0 Å². The number of nitrogens with zero attached hydrogens (tertiary/aromatic N) is 5. The molecule has 0 unspecified atom stereocenters.